The summed E-state index contributed by atoms with van der Waals surface area (Å²) in [5.41, 5.74) is 1.49. The first-order valence-corrected chi connectivity index (χ1v) is 5.56. The molecule has 0 amide bonds. The van der Waals surface area contributed by atoms with Crippen LogP contribution in [0.3, 0.4) is 0 Å². The summed E-state index contributed by atoms with van der Waals surface area (Å²) >= 11 is 0. The number of hydrogen-bond acceptors (Lipinski definition) is 1. The minimum Gasteiger partial charge on any atom is -0.393 e. The lowest BCUT2D eigenvalue weighted by Gasteiger charge is -2.24. The van der Waals surface area contributed by atoms with E-state index in [1.807, 2.05) is 0 Å². The summed E-state index contributed by atoms with van der Waals surface area (Å²) in [4.78, 5) is 0. The third kappa shape index (κ3) is 3.95. The van der Waals surface area contributed by atoms with Crippen molar-refractivity contribution in [1.82, 2.24) is 0 Å². The van der Waals surface area contributed by atoms with Crippen LogP contribution in [0.2, 0.25) is 0 Å². The molecular weight excluding hydrogens is 160 g/mol. The Balaban J connectivity index is 2.28. The van der Waals surface area contributed by atoms with Crippen LogP contribution in [0, 0.1) is 5.92 Å². The van der Waals surface area contributed by atoms with E-state index >= 15 is 0 Å². The van der Waals surface area contributed by atoms with Gasteiger partial charge < -0.3 is 5.11 Å². The highest BCUT2D eigenvalue weighted by Crippen LogP contribution is 2.27. The molecule has 0 heterocycles. The van der Waals surface area contributed by atoms with E-state index in [0.717, 1.165) is 25.2 Å². The standard InChI is InChI=1S/C12H22O/c1-3-10(2)7-8-11-5-4-6-12(13)9-11/h7,11-13H,3-6,8-9H2,1-2H3/t11-,12-/m1/s1. The molecule has 0 aromatic carbocycles. The van der Waals surface area contributed by atoms with Crippen molar-refractivity contribution in [1.29, 1.82) is 0 Å². The first-order valence-electron chi connectivity index (χ1n) is 5.56. The van der Waals surface area contributed by atoms with Crippen molar-refractivity contribution in [2.45, 2.75) is 58.5 Å². The fourth-order valence-electron chi connectivity index (χ4n) is 1.99. The van der Waals surface area contributed by atoms with Gasteiger partial charge in [0.05, 0.1) is 6.10 Å². The van der Waals surface area contributed by atoms with E-state index in [0.29, 0.717) is 0 Å². The van der Waals surface area contributed by atoms with Crippen LogP contribution in [0.5, 0.6) is 0 Å². The second-order valence-corrected chi connectivity index (χ2v) is 4.33. The van der Waals surface area contributed by atoms with Crippen LogP contribution in [-0.4, -0.2) is 11.2 Å². The summed E-state index contributed by atoms with van der Waals surface area (Å²) < 4.78 is 0. The van der Waals surface area contributed by atoms with Crippen LogP contribution in [-0.2, 0) is 0 Å². The van der Waals surface area contributed by atoms with Crippen molar-refractivity contribution in [2.24, 2.45) is 5.92 Å². The number of rotatable bonds is 3. The minimum absolute atomic E-state index is 0.0194. The van der Waals surface area contributed by atoms with Gasteiger partial charge in [-0.1, -0.05) is 25.0 Å². The normalized spacial score (nSPS) is 30.5. The fraction of sp³-hybridized carbons (Fsp3) is 0.833. The molecule has 76 valence electrons. The van der Waals surface area contributed by atoms with Crippen molar-refractivity contribution in [3.63, 3.8) is 0 Å². The molecular formula is C12H22O. The third-order valence-corrected chi connectivity index (χ3v) is 3.11. The lowest BCUT2D eigenvalue weighted by molar-refractivity contribution is 0.102. The average Bonchev–Trinajstić information content (AvgIpc) is 2.14. The Kier molecular flexibility index (Phi) is 4.51. The van der Waals surface area contributed by atoms with E-state index in [1.165, 1.54) is 24.8 Å². The maximum Gasteiger partial charge on any atom is 0.0543 e. The van der Waals surface area contributed by atoms with Gasteiger partial charge in [-0.2, -0.15) is 0 Å². The van der Waals surface area contributed by atoms with Crippen molar-refractivity contribution >= 4 is 0 Å². The summed E-state index contributed by atoms with van der Waals surface area (Å²) in [5.74, 6) is 0.741. The van der Waals surface area contributed by atoms with E-state index in [9.17, 15) is 5.11 Å². The second kappa shape index (κ2) is 5.43. The molecule has 0 radical (unpaired) electrons. The Labute approximate surface area is 81.9 Å². The first kappa shape index (κ1) is 10.8. The Morgan fingerprint density at radius 3 is 2.85 bits per heavy atom. The van der Waals surface area contributed by atoms with Crippen molar-refractivity contribution in [3.8, 4) is 0 Å². The van der Waals surface area contributed by atoms with Gasteiger partial charge in [0.2, 0.25) is 0 Å². The van der Waals surface area contributed by atoms with Gasteiger partial charge in [0.25, 0.3) is 0 Å². The van der Waals surface area contributed by atoms with E-state index in [-0.39, 0.29) is 6.10 Å². The number of aliphatic hydroxyl groups excluding tert-OH is 1. The maximum absolute atomic E-state index is 9.48. The Bertz CT molecular complexity index is 172. The Morgan fingerprint density at radius 2 is 2.23 bits per heavy atom. The largest absolute Gasteiger partial charge is 0.393 e. The molecule has 1 aliphatic rings. The molecule has 1 N–H and O–H groups in total. The average molecular weight is 182 g/mol. The van der Waals surface area contributed by atoms with Crippen LogP contribution in [0.25, 0.3) is 0 Å². The Morgan fingerprint density at radius 1 is 1.46 bits per heavy atom. The van der Waals surface area contributed by atoms with Gasteiger partial charge in [0, 0.05) is 0 Å². The summed E-state index contributed by atoms with van der Waals surface area (Å²) in [6, 6.07) is 0. The molecule has 1 nitrogen and oxygen atoms in total. The van der Waals surface area contributed by atoms with Gasteiger partial charge in [-0.3, -0.25) is 0 Å². The van der Waals surface area contributed by atoms with Crippen molar-refractivity contribution in [2.75, 3.05) is 0 Å². The molecule has 1 aliphatic carbocycles. The van der Waals surface area contributed by atoms with Gasteiger partial charge in [-0.05, 0) is 44.9 Å². The lowest BCUT2D eigenvalue weighted by atomic mass is 9.85. The molecule has 0 aliphatic heterocycles. The second-order valence-electron chi connectivity index (χ2n) is 4.33. The highest BCUT2D eigenvalue weighted by Gasteiger charge is 2.18. The van der Waals surface area contributed by atoms with E-state index < -0.39 is 0 Å². The fourth-order valence-corrected chi connectivity index (χ4v) is 1.99. The molecule has 1 fully saturated rings. The van der Waals surface area contributed by atoms with E-state index in [4.69, 9.17) is 0 Å². The molecule has 0 unspecified atom stereocenters. The lowest BCUT2D eigenvalue weighted by Crippen LogP contribution is -2.18. The Hall–Kier alpha value is -0.300. The topological polar surface area (TPSA) is 20.2 Å². The number of hydrogen-bond donors (Lipinski definition) is 1. The zero-order valence-corrected chi connectivity index (χ0v) is 8.92. The number of aliphatic hydroxyl groups is 1. The smallest absolute Gasteiger partial charge is 0.0543 e. The monoisotopic (exact) mass is 182 g/mol. The molecule has 1 saturated carbocycles. The molecule has 0 aromatic heterocycles. The summed E-state index contributed by atoms with van der Waals surface area (Å²) in [7, 11) is 0. The van der Waals surface area contributed by atoms with Gasteiger partial charge in [0.1, 0.15) is 0 Å². The summed E-state index contributed by atoms with van der Waals surface area (Å²) in [5, 5.41) is 9.48. The van der Waals surface area contributed by atoms with Gasteiger partial charge >= 0.3 is 0 Å². The zero-order valence-electron chi connectivity index (χ0n) is 8.92. The summed E-state index contributed by atoms with van der Waals surface area (Å²) in [6.07, 6.45) is 9.24. The predicted molar refractivity (Wildman–Crippen MR) is 56.6 cm³/mol. The molecule has 13 heavy (non-hydrogen) atoms. The summed E-state index contributed by atoms with van der Waals surface area (Å²) in [6.45, 7) is 4.39. The number of allylic oxidation sites excluding steroid dienone is 2. The highest BCUT2D eigenvalue weighted by molar-refractivity contribution is 4.97. The van der Waals surface area contributed by atoms with Crippen LogP contribution in [0.15, 0.2) is 11.6 Å². The molecule has 0 bridgehead atoms. The van der Waals surface area contributed by atoms with Gasteiger partial charge in [-0.15, -0.1) is 0 Å². The van der Waals surface area contributed by atoms with E-state index in [2.05, 4.69) is 19.9 Å². The van der Waals surface area contributed by atoms with Gasteiger partial charge in [0.15, 0.2) is 0 Å². The zero-order chi connectivity index (χ0) is 9.68. The quantitative estimate of drug-likeness (QED) is 0.664. The minimum atomic E-state index is -0.0194. The third-order valence-electron chi connectivity index (χ3n) is 3.11. The molecule has 1 heteroatoms. The molecule has 2 atom stereocenters. The van der Waals surface area contributed by atoms with Crippen molar-refractivity contribution < 1.29 is 5.11 Å². The molecule has 0 spiro atoms. The van der Waals surface area contributed by atoms with E-state index in [1.54, 1.807) is 0 Å². The SMILES string of the molecule is CCC(C)=CC[C@H]1CCC[C@@H](O)C1. The van der Waals surface area contributed by atoms with Crippen LogP contribution in [0.1, 0.15) is 52.4 Å². The molecule has 0 aromatic rings. The van der Waals surface area contributed by atoms with Gasteiger partial charge in [-0.25, -0.2) is 0 Å². The van der Waals surface area contributed by atoms with Crippen LogP contribution in [0.4, 0.5) is 0 Å². The van der Waals surface area contributed by atoms with Crippen LogP contribution < -0.4 is 0 Å². The highest BCUT2D eigenvalue weighted by atomic mass is 16.3. The van der Waals surface area contributed by atoms with Crippen LogP contribution >= 0.6 is 0 Å². The molecule has 1 rings (SSSR count). The maximum atomic E-state index is 9.48. The first-order chi connectivity index (χ1) is 6.22. The van der Waals surface area contributed by atoms with Crippen molar-refractivity contribution in [3.05, 3.63) is 11.6 Å². The predicted octanol–water partition coefficient (Wildman–Crippen LogP) is 3.28. The molecule has 0 saturated heterocycles.